The number of benzene rings is 1. The molecule has 96 valence electrons. The molecule has 1 aliphatic rings. The molecule has 0 bridgehead atoms. The van der Waals surface area contributed by atoms with Crippen molar-refractivity contribution in [1.82, 2.24) is 10.6 Å². The highest BCUT2D eigenvalue weighted by molar-refractivity contribution is 5.97. The van der Waals surface area contributed by atoms with E-state index in [4.69, 9.17) is 0 Å². The Morgan fingerprint density at radius 2 is 1.94 bits per heavy atom. The first-order valence-corrected chi connectivity index (χ1v) is 5.61. The average Bonchev–Trinajstić information content (AvgIpc) is 2.31. The van der Waals surface area contributed by atoms with Gasteiger partial charge >= 0.3 is 0 Å². The summed E-state index contributed by atoms with van der Waals surface area (Å²) in [6, 6.07) is 1.90. The van der Waals surface area contributed by atoms with Crippen LogP contribution in [-0.2, 0) is 4.79 Å². The standard InChI is InChI=1S/C12H12F2N2O2/c13-8-4-7(5-9(14)6-8)11(17)16-10-2-1-3-15-12(10)18/h4-6,10H,1-3H2,(H,15,18)(H,16,17)/t10-/m0/s1. The lowest BCUT2D eigenvalue weighted by Gasteiger charge is -2.22. The topological polar surface area (TPSA) is 58.2 Å². The minimum atomic E-state index is -0.826. The third-order valence-electron chi connectivity index (χ3n) is 2.72. The average molecular weight is 254 g/mol. The normalized spacial score (nSPS) is 19.2. The summed E-state index contributed by atoms with van der Waals surface area (Å²) in [7, 11) is 0. The first kappa shape index (κ1) is 12.5. The van der Waals surface area contributed by atoms with Crippen molar-refractivity contribution in [2.45, 2.75) is 18.9 Å². The number of rotatable bonds is 2. The largest absolute Gasteiger partial charge is 0.354 e. The van der Waals surface area contributed by atoms with Gasteiger partial charge in [0.1, 0.15) is 17.7 Å². The van der Waals surface area contributed by atoms with E-state index in [0.717, 1.165) is 18.6 Å². The highest BCUT2D eigenvalue weighted by atomic mass is 19.1. The van der Waals surface area contributed by atoms with Crippen molar-refractivity contribution >= 4 is 11.8 Å². The number of hydrogen-bond acceptors (Lipinski definition) is 2. The molecule has 4 nitrogen and oxygen atoms in total. The molecule has 2 rings (SSSR count). The van der Waals surface area contributed by atoms with E-state index in [9.17, 15) is 18.4 Å². The van der Waals surface area contributed by atoms with E-state index in [1.807, 2.05) is 0 Å². The first-order chi connectivity index (χ1) is 8.56. The predicted molar refractivity (Wildman–Crippen MR) is 59.9 cm³/mol. The molecular formula is C12H12F2N2O2. The highest BCUT2D eigenvalue weighted by Gasteiger charge is 2.24. The molecule has 1 aromatic carbocycles. The zero-order valence-electron chi connectivity index (χ0n) is 9.50. The Morgan fingerprint density at radius 3 is 2.56 bits per heavy atom. The molecule has 1 aliphatic heterocycles. The van der Waals surface area contributed by atoms with Crippen molar-refractivity contribution in [1.29, 1.82) is 0 Å². The molecule has 0 aromatic heterocycles. The van der Waals surface area contributed by atoms with E-state index in [-0.39, 0.29) is 11.5 Å². The Hall–Kier alpha value is -1.98. The fourth-order valence-corrected chi connectivity index (χ4v) is 1.84. The van der Waals surface area contributed by atoms with Gasteiger partial charge in [-0.1, -0.05) is 0 Å². The van der Waals surface area contributed by atoms with Gasteiger partial charge in [0.2, 0.25) is 5.91 Å². The maximum atomic E-state index is 12.9. The molecule has 18 heavy (non-hydrogen) atoms. The highest BCUT2D eigenvalue weighted by Crippen LogP contribution is 2.09. The van der Waals surface area contributed by atoms with Gasteiger partial charge in [-0.3, -0.25) is 9.59 Å². The summed E-state index contributed by atoms with van der Waals surface area (Å²) in [5, 5.41) is 5.06. The summed E-state index contributed by atoms with van der Waals surface area (Å²) in [4.78, 5) is 23.2. The van der Waals surface area contributed by atoms with Gasteiger partial charge < -0.3 is 10.6 Å². The van der Waals surface area contributed by atoms with Gasteiger partial charge in [-0.15, -0.1) is 0 Å². The van der Waals surface area contributed by atoms with E-state index >= 15 is 0 Å². The van der Waals surface area contributed by atoms with E-state index < -0.39 is 23.6 Å². The van der Waals surface area contributed by atoms with Crippen LogP contribution in [0.5, 0.6) is 0 Å². The lowest BCUT2D eigenvalue weighted by Crippen LogP contribution is -2.50. The van der Waals surface area contributed by atoms with E-state index in [1.165, 1.54) is 0 Å². The SMILES string of the molecule is O=C(N[C@H]1CCCNC1=O)c1cc(F)cc(F)c1. The molecule has 0 spiro atoms. The van der Waals surface area contributed by atoms with Crippen LogP contribution in [0.1, 0.15) is 23.2 Å². The van der Waals surface area contributed by atoms with Gasteiger partial charge in [0.05, 0.1) is 0 Å². The minimum absolute atomic E-state index is 0.133. The van der Waals surface area contributed by atoms with Crippen LogP contribution >= 0.6 is 0 Å². The van der Waals surface area contributed by atoms with Gasteiger partial charge in [-0.2, -0.15) is 0 Å². The van der Waals surface area contributed by atoms with E-state index in [2.05, 4.69) is 10.6 Å². The maximum Gasteiger partial charge on any atom is 0.252 e. The summed E-state index contributed by atoms with van der Waals surface area (Å²) in [5.74, 6) is -2.58. The third-order valence-corrected chi connectivity index (χ3v) is 2.72. The van der Waals surface area contributed by atoms with Crippen molar-refractivity contribution in [3.05, 3.63) is 35.4 Å². The summed E-state index contributed by atoms with van der Waals surface area (Å²) >= 11 is 0. The van der Waals surface area contributed by atoms with Gasteiger partial charge in [-0.25, -0.2) is 8.78 Å². The Bertz CT molecular complexity index is 471. The van der Waals surface area contributed by atoms with Gasteiger partial charge in [0.15, 0.2) is 0 Å². The lowest BCUT2D eigenvalue weighted by atomic mass is 10.1. The van der Waals surface area contributed by atoms with E-state index in [0.29, 0.717) is 19.0 Å². The molecule has 1 fully saturated rings. The Balaban J connectivity index is 2.09. The quantitative estimate of drug-likeness (QED) is 0.826. The zero-order valence-corrected chi connectivity index (χ0v) is 9.50. The number of amides is 2. The Kier molecular flexibility index (Phi) is 3.55. The van der Waals surface area contributed by atoms with Crippen LogP contribution in [-0.4, -0.2) is 24.4 Å². The molecule has 0 aliphatic carbocycles. The smallest absolute Gasteiger partial charge is 0.252 e. The summed E-state index contributed by atoms with van der Waals surface area (Å²) in [6.07, 6.45) is 1.28. The second-order valence-electron chi connectivity index (χ2n) is 4.12. The molecule has 1 aromatic rings. The number of carbonyl (C=O) groups is 2. The van der Waals surface area contributed by atoms with Crippen molar-refractivity contribution in [3.8, 4) is 0 Å². The molecule has 6 heteroatoms. The van der Waals surface area contributed by atoms with Crippen molar-refractivity contribution < 1.29 is 18.4 Å². The molecule has 0 unspecified atom stereocenters. The van der Waals surface area contributed by atoms with Crippen LogP contribution in [0.15, 0.2) is 18.2 Å². The maximum absolute atomic E-state index is 12.9. The summed E-state index contributed by atoms with van der Waals surface area (Å²) < 4.78 is 25.9. The van der Waals surface area contributed by atoms with Gasteiger partial charge in [0, 0.05) is 18.2 Å². The molecule has 1 saturated heterocycles. The Labute approximate surface area is 102 Å². The lowest BCUT2D eigenvalue weighted by molar-refractivity contribution is -0.124. The third kappa shape index (κ3) is 2.82. The number of hydrogen-bond donors (Lipinski definition) is 2. The van der Waals surface area contributed by atoms with Crippen LogP contribution in [0.25, 0.3) is 0 Å². The van der Waals surface area contributed by atoms with Gasteiger partial charge in [-0.05, 0) is 25.0 Å². The Morgan fingerprint density at radius 1 is 1.28 bits per heavy atom. The number of piperidine rings is 1. The number of carbonyl (C=O) groups excluding carboxylic acids is 2. The molecule has 0 saturated carbocycles. The molecule has 2 amide bonds. The van der Waals surface area contributed by atoms with Crippen molar-refractivity contribution in [3.63, 3.8) is 0 Å². The first-order valence-electron chi connectivity index (χ1n) is 5.61. The van der Waals surface area contributed by atoms with Crippen LogP contribution in [0.2, 0.25) is 0 Å². The van der Waals surface area contributed by atoms with Gasteiger partial charge in [0.25, 0.3) is 5.91 Å². The predicted octanol–water partition coefficient (Wildman–Crippen LogP) is 0.973. The number of nitrogens with one attached hydrogen (secondary N) is 2. The van der Waals surface area contributed by atoms with Crippen molar-refractivity contribution in [2.75, 3.05) is 6.54 Å². The molecule has 2 N–H and O–H groups in total. The molecular weight excluding hydrogens is 242 g/mol. The summed E-state index contributed by atoms with van der Waals surface area (Å²) in [6.45, 7) is 0.583. The van der Waals surface area contributed by atoms with Crippen LogP contribution in [0.3, 0.4) is 0 Å². The molecule has 1 heterocycles. The van der Waals surface area contributed by atoms with Crippen LogP contribution in [0.4, 0.5) is 8.78 Å². The number of halogens is 2. The molecule has 0 radical (unpaired) electrons. The minimum Gasteiger partial charge on any atom is -0.354 e. The zero-order chi connectivity index (χ0) is 13.1. The fourth-order valence-electron chi connectivity index (χ4n) is 1.84. The van der Waals surface area contributed by atoms with Crippen LogP contribution < -0.4 is 10.6 Å². The van der Waals surface area contributed by atoms with E-state index in [1.54, 1.807) is 0 Å². The van der Waals surface area contributed by atoms with Crippen LogP contribution in [0, 0.1) is 11.6 Å². The second kappa shape index (κ2) is 5.12. The molecule has 1 atom stereocenters. The summed E-state index contributed by atoms with van der Waals surface area (Å²) in [5.41, 5.74) is -0.133. The van der Waals surface area contributed by atoms with Crippen molar-refractivity contribution in [2.24, 2.45) is 0 Å². The monoisotopic (exact) mass is 254 g/mol. The fraction of sp³-hybridized carbons (Fsp3) is 0.333. The second-order valence-corrected chi connectivity index (χ2v) is 4.12.